The predicted octanol–water partition coefficient (Wildman–Crippen LogP) is 4.21. The molecule has 0 saturated heterocycles. The highest BCUT2D eigenvalue weighted by atomic mass is 79.9. The largest absolute Gasteiger partial charge is 0.355 e. The molecule has 0 spiro atoms. The Kier molecular flexibility index (Phi) is 4.25. The van der Waals surface area contributed by atoms with Crippen molar-refractivity contribution in [1.29, 1.82) is 0 Å². The minimum Gasteiger partial charge on any atom is -0.355 e. The van der Waals surface area contributed by atoms with E-state index >= 15 is 0 Å². The quantitative estimate of drug-likeness (QED) is 0.780. The second kappa shape index (κ2) is 5.55. The molecule has 2 rings (SSSR count). The molecule has 0 aliphatic heterocycles. The molecular formula is C12H13BrClN3S. The normalized spacial score (nSPS) is 10.7. The van der Waals surface area contributed by atoms with Crippen LogP contribution in [0.25, 0.3) is 0 Å². The summed E-state index contributed by atoms with van der Waals surface area (Å²) in [7, 11) is 2.01. The van der Waals surface area contributed by atoms with Gasteiger partial charge in [-0.15, -0.1) is 11.3 Å². The fourth-order valence-electron chi connectivity index (χ4n) is 1.73. The number of aryl methyl sites for hydroxylation is 1. The number of thiophene rings is 1. The van der Waals surface area contributed by atoms with Crippen molar-refractivity contribution in [3.63, 3.8) is 0 Å². The zero-order chi connectivity index (χ0) is 13.3. The van der Waals surface area contributed by atoms with Crippen LogP contribution in [0.3, 0.4) is 0 Å². The molecule has 0 aromatic carbocycles. The van der Waals surface area contributed by atoms with Gasteiger partial charge >= 0.3 is 0 Å². The molecule has 0 aliphatic rings. The van der Waals surface area contributed by atoms with Crippen LogP contribution in [0.2, 0.25) is 5.15 Å². The van der Waals surface area contributed by atoms with Crippen LogP contribution < -0.4 is 4.90 Å². The second-order valence-corrected chi connectivity index (χ2v) is 6.77. The number of hydrogen-bond donors (Lipinski definition) is 0. The van der Waals surface area contributed by atoms with E-state index < -0.39 is 0 Å². The van der Waals surface area contributed by atoms with Crippen LogP contribution in [-0.4, -0.2) is 17.0 Å². The molecule has 0 fully saturated rings. The fourth-order valence-corrected chi connectivity index (χ4v) is 3.14. The van der Waals surface area contributed by atoms with Crippen molar-refractivity contribution in [3.05, 3.63) is 37.3 Å². The summed E-state index contributed by atoms with van der Waals surface area (Å²) in [5.41, 5.74) is 2.17. The Morgan fingerprint density at radius 3 is 2.72 bits per heavy atom. The van der Waals surface area contributed by atoms with Crippen molar-refractivity contribution in [3.8, 4) is 0 Å². The highest BCUT2D eigenvalue weighted by Crippen LogP contribution is 2.26. The molecule has 2 aromatic rings. The average Bonchev–Trinajstić information content (AvgIpc) is 2.69. The maximum atomic E-state index is 6.09. The van der Waals surface area contributed by atoms with E-state index in [4.69, 9.17) is 11.6 Å². The molecule has 0 N–H and O–H groups in total. The molecule has 18 heavy (non-hydrogen) atoms. The Bertz CT molecular complexity index is 570. The van der Waals surface area contributed by atoms with Gasteiger partial charge in [0, 0.05) is 19.2 Å². The van der Waals surface area contributed by atoms with Gasteiger partial charge in [-0.3, -0.25) is 0 Å². The molecule has 0 amide bonds. The zero-order valence-corrected chi connectivity index (χ0v) is 13.5. The van der Waals surface area contributed by atoms with Crippen molar-refractivity contribution in [2.24, 2.45) is 0 Å². The van der Waals surface area contributed by atoms with Crippen LogP contribution in [0, 0.1) is 13.8 Å². The summed E-state index contributed by atoms with van der Waals surface area (Å²) in [4.78, 5) is 10.7. The number of nitrogens with zero attached hydrogens (tertiary/aromatic N) is 3. The number of anilines is 1. The Labute approximate surface area is 124 Å². The molecule has 0 atom stereocenters. The predicted molar refractivity (Wildman–Crippen MR) is 80.6 cm³/mol. The van der Waals surface area contributed by atoms with Crippen LogP contribution >= 0.6 is 38.9 Å². The summed E-state index contributed by atoms with van der Waals surface area (Å²) < 4.78 is 1.14. The molecule has 3 nitrogen and oxygen atoms in total. The van der Waals surface area contributed by atoms with Crippen LogP contribution in [0.5, 0.6) is 0 Å². The molecule has 2 aromatic heterocycles. The number of hydrogen-bond acceptors (Lipinski definition) is 4. The SMILES string of the molecule is Cc1nc(Cl)c(C)c(N(C)Cc2csc(Br)c2)n1. The standard InChI is InChI=1S/C12H13BrClN3S/c1-7-11(14)15-8(2)16-12(7)17(3)5-9-4-10(13)18-6-9/h4,6H,5H2,1-3H3. The molecular weight excluding hydrogens is 334 g/mol. The summed E-state index contributed by atoms with van der Waals surface area (Å²) >= 11 is 11.2. The lowest BCUT2D eigenvalue weighted by Gasteiger charge is -2.20. The minimum absolute atomic E-state index is 0.524. The first-order valence-electron chi connectivity index (χ1n) is 5.42. The van der Waals surface area contributed by atoms with E-state index in [9.17, 15) is 0 Å². The molecule has 0 saturated carbocycles. The van der Waals surface area contributed by atoms with Crippen molar-refractivity contribution >= 4 is 44.7 Å². The minimum atomic E-state index is 0.524. The molecule has 0 radical (unpaired) electrons. The van der Waals surface area contributed by atoms with Crippen LogP contribution in [0.4, 0.5) is 5.82 Å². The molecule has 6 heteroatoms. The van der Waals surface area contributed by atoms with Gasteiger partial charge in [0.05, 0.1) is 3.79 Å². The van der Waals surface area contributed by atoms with Gasteiger partial charge in [-0.1, -0.05) is 11.6 Å². The van der Waals surface area contributed by atoms with Crippen molar-refractivity contribution in [2.75, 3.05) is 11.9 Å². The fraction of sp³-hybridized carbons (Fsp3) is 0.333. The summed E-state index contributed by atoms with van der Waals surface area (Å²) in [6, 6.07) is 2.12. The van der Waals surface area contributed by atoms with Crippen LogP contribution in [-0.2, 0) is 6.54 Å². The third-order valence-corrected chi connectivity index (χ3v) is 4.50. The second-order valence-electron chi connectivity index (χ2n) is 4.13. The van der Waals surface area contributed by atoms with Gasteiger partial charge < -0.3 is 4.90 Å². The zero-order valence-electron chi connectivity index (χ0n) is 10.4. The first kappa shape index (κ1) is 13.8. The molecule has 0 aliphatic carbocycles. The van der Waals surface area contributed by atoms with Gasteiger partial charge in [0.1, 0.15) is 16.8 Å². The highest BCUT2D eigenvalue weighted by molar-refractivity contribution is 9.11. The van der Waals surface area contributed by atoms with E-state index in [0.717, 1.165) is 21.7 Å². The van der Waals surface area contributed by atoms with E-state index in [0.29, 0.717) is 11.0 Å². The molecule has 0 bridgehead atoms. The Morgan fingerprint density at radius 1 is 1.39 bits per heavy atom. The lowest BCUT2D eigenvalue weighted by molar-refractivity contribution is 0.872. The first-order valence-corrected chi connectivity index (χ1v) is 7.47. The van der Waals surface area contributed by atoms with E-state index in [1.165, 1.54) is 5.56 Å². The number of aromatic nitrogens is 2. The van der Waals surface area contributed by atoms with Gasteiger partial charge in [0.15, 0.2) is 0 Å². The monoisotopic (exact) mass is 345 g/mol. The van der Waals surface area contributed by atoms with Gasteiger partial charge in [0.25, 0.3) is 0 Å². The summed E-state index contributed by atoms with van der Waals surface area (Å²) in [6.45, 7) is 4.59. The van der Waals surface area contributed by atoms with Gasteiger partial charge in [0.2, 0.25) is 0 Å². The Morgan fingerprint density at radius 2 is 2.11 bits per heavy atom. The summed E-state index contributed by atoms with van der Waals surface area (Å²) in [5.74, 6) is 1.58. The van der Waals surface area contributed by atoms with E-state index in [2.05, 4.69) is 42.2 Å². The highest BCUT2D eigenvalue weighted by Gasteiger charge is 2.12. The Hall–Kier alpha value is -0.650. The average molecular weight is 347 g/mol. The van der Waals surface area contributed by atoms with Gasteiger partial charge in [-0.25, -0.2) is 9.97 Å². The van der Waals surface area contributed by atoms with Crippen molar-refractivity contribution < 1.29 is 0 Å². The Balaban J connectivity index is 2.26. The van der Waals surface area contributed by atoms with E-state index in [-0.39, 0.29) is 0 Å². The molecule has 0 unspecified atom stereocenters. The maximum absolute atomic E-state index is 6.09. The summed E-state index contributed by atoms with van der Waals surface area (Å²) in [5, 5.41) is 2.65. The topological polar surface area (TPSA) is 29.0 Å². The third-order valence-electron chi connectivity index (χ3n) is 2.58. The molecule has 96 valence electrons. The number of rotatable bonds is 3. The smallest absolute Gasteiger partial charge is 0.137 e. The lowest BCUT2D eigenvalue weighted by Crippen LogP contribution is -2.19. The lowest BCUT2D eigenvalue weighted by atomic mass is 10.3. The summed E-state index contributed by atoms with van der Waals surface area (Å²) in [6.07, 6.45) is 0. The first-order chi connectivity index (χ1) is 8.47. The maximum Gasteiger partial charge on any atom is 0.137 e. The van der Waals surface area contributed by atoms with E-state index in [1.54, 1.807) is 11.3 Å². The number of halogens is 2. The van der Waals surface area contributed by atoms with Gasteiger partial charge in [-0.05, 0) is 46.8 Å². The van der Waals surface area contributed by atoms with Crippen molar-refractivity contribution in [2.45, 2.75) is 20.4 Å². The van der Waals surface area contributed by atoms with E-state index in [1.807, 2.05) is 20.9 Å². The van der Waals surface area contributed by atoms with Crippen LogP contribution in [0.1, 0.15) is 17.0 Å². The van der Waals surface area contributed by atoms with Gasteiger partial charge in [-0.2, -0.15) is 0 Å². The van der Waals surface area contributed by atoms with Crippen LogP contribution in [0.15, 0.2) is 15.2 Å². The molecule has 2 heterocycles. The van der Waals surface area contributed by atoms with Crippen molar-refractivity contribution in [1.82, 2.24) is 9.97 Å². The third kappa shape index (κ3) is 3.02.